The van der Waals surface area contributed by atoms with Gasteiger partial charge in [0.25, 0.3) is 5.91 Å². The SMILES string of the molecule is Cc1cc(Br)ccc1NCc1ccc(OCC(=O)Nc2ccc(Cl)cc2)c(Br)c1. The summed E-state index contributed by atoms with van der Waals surface area (Å²) in [5, 5.41) is 6.81. The molecular formula is C22H19Br2ClN2O2. The Morgan fingerprint density at radius 3 is 2.48 bits per heavy atom. The van der Waals surface area contributed by atoms with E-state index in [0.29, 0.717) is 23.0 Å². The Morgan fingerprint density at radius 1 is 1.03 bits per heavy atom. The summed E-state index contributed by atoms with van der Waals surface area (Å²) in [6, 6.07) is 18.9. The average Bonchev–Trinajstić information content (AvgIpc) is 2.68. The van der Waals surface area contributed by atoms with Crippen molar-refractivity contribution >= 4 is 60.7 Å². The molecule has 0 heterocycles. The van der Waals surface area contributed by atoms with E-state index in [4.69, 9.17) is 16.3 Å². The third-order valence-electron chi connectivity index (χ3n) is 4.15. The van der Waals surface area contributed by atoms with Crippen molar-refractivity contribution in [1.29, 1.82) is 0 Å². The largest absolute Gasteiger partial charge is 0.483 e. The van der Waals surface area contributed by atoms with Gasteiger partial charge in [0.1, 0.15) is 5.75 Å². The lowest BCUT2D eigenvalue weighted by molar-refractivity contribution is -0.118. The van der Waals surface area contributed by atoms with Crippen molar-refractivity contribution in [1.82, 2.24) is 0 Å². The lowest BCUT2D eigenvalue weighted by Crippen LogP contribution is -2.20. The number of anilines is 2. The highest BCUT2D eigenvalue weighted by atomic mass is 79.9. The number of hydrogen-bond donors (Lipinski definition) is 2. The Labute approximate surface area is 191 Å². The summed E-state index contributed by atoms with van der Waals surface area (Å²) in [6.07, 6.45) is 0. The van der Waals surface area contributed by atoms with Crippen molar-refractivity contribution in [2.75, 3.05) is 17.2 Å². The summed E-state index contributed by atoms with van der Waals surface area (Å²) < 4.78 is 7.49. The van der Waals surface area contributed by atoms with Gasteiger partial charge in [0, 0.05) is 27.4 Å². The molecule has 4 nitrogen and oxygen atoms in total. The number of benzene rings is 3. The summed E-state index contributed by atoms with van der Waals surface area (Å²) in [5.74, 6) is 0.371. The molecule has 3 rings (SSSR count). The fourth-order valence-electron chi connectivity index (χ4n) is 2.67. The highest BCUT2D eigenvalue weighted by molar-refractivity contribution is 9.10. The number of nitrogens with one attached hydrogen (secondary N) is 2. The maximum absolute atomic E-state index is 12.1. The molecule has 7 heteroatoms. The zero-order valence-corrected chi connectivity index (χ0v) is 19.6. The van der Waals surface area contributed by atoms with E-state index in [1.54, 1.807) is 24.3 Å². The zero-order valence-electron chi connectivity index (χ0n) is 15.6. The second-order valence-corrected chi connectivity index (χ2v) is 8.63. The molecule has 0 saturated carbocycles. The molecule has 1 amide bonds. The van der Waals surface area contributed by atoms with Gasteiger partial charge in [0.2, 0.25) is 0 Å². The van der Waals surface area contributed by atoms with Crippen LogP contribution in [-0.2, 0) is 11.3 Å². The Kier molecular flexibility index (Phi) is 7.58. The van der Waals surface area contributed by atoms with Crippen LogP contribution in [0.4, 0.5) is 11.4 Å². The van der Waals surface area contributed by atoms with Gasteiger partial charge in [-0.2, -0.15) is 0 Å². The van der Waals surface area contributed by atoms with Crippen molar-refractivity contribution < 1.29 is 9.53 Å². The summed E-state index contributed by atoms with van der Waals surface area (Å²) in [4.78, 5) is 12.1. The molecule has 3 aromatic carbocycles. The monoisotopic (exact) mass is 536 g/mol. The maximum atomic E-state index is 12.1. The molecule has 2 N–H and O–H groups in total. The first-order valence-electron chi connectivity index (χ1n) is 8.87. The molecule has 0 unspecified atom stereocenters. The molecule has 0 saturated heterocycles. The second kappa shape index (κ2) is 10.1. The van der Waals surface area contributed by atoms with E-state index >= 15 is 0 Å². The number of halogens is 3. The summed E-state index contributed by atoms with van der Waals surface area (Å²) >= 11 is 12.8. The molecule has 29 heavy (non-hydrogen) atoms. The normalized spacial score (nSPS) is 10.5. The Morgan fingerprint density at radius 2 is 1.79 bits per heavy atom. The first kappa shape index (κ1) is 21.7. The molecule has 0 aromatic heterocycles. The number of carbonyl (C=O) groups excluding carboxylic acids is 1. The zero-order chi connectivity index (χ0) is 20.8. The van der Waals surface area contributed by atoms with E-state index in [1.807, 2.05) is 30.3 Å². The van der Waals surface area contributed by atoms with Crippen LogP contribution in [0, 0.1) is 6.92 Å². The number of amides is 1. The molecule has 0 bridgehead atoms. The number of aryl methyl sites for hydroxylation is 1. The number of rotatable bonds is 7. The number of carbonyl (C=O) groups is 1. The van der Waals surface area contributed by atoms with Gasteiger partial charge in [-0.1, -0.05) is 33.6 Å². The molecule has 0 spiro atoms. The Bertz CT molecular complexity index is 1010. The van der Waals surface area contributed by atoms with Gasteiger partial charge in [-0.3, -0.25) is 4.79 Å². The van der Waals surface area contributed by atoms with Crippen molar-refractivity contribution in [3.8, 4) is 5.75 Å². The molecule has 3 aromatic rings. The quantitative estimate of drug-likeness (QED) is 0.348. The fraction of sp³-hybridized carbons (Fsp3) is 0.136. The van der Waals surface area contributed by atoms with Crippen LogP contribution >= 0.6 is 43.5 Å². The van der Waals surface area contributed by atoms with Crippen molar-refractivity contribution in [3.63, 3.8) is 0 Å². The average molecular weight is 539 g/mol. The molecule has 0 fully saturated rings. The van der Waals surface area contributed by atoms with E-state index in [9.17, 15) is 4.79 Å². The van der Waals surface area contributed by atoms with E-state index in [1.165, 1.54) is 5.56 Å². The van der Waals surface area contributed by atoms with Crippen LogP contribution in [0.15, 0.2) is 69.6 Å². The van der Waals surface area contributed by atoms with E-state index in [2.05, 4.69) is 55.5 Å². The lowest BCUT2D eigenvalue weighted by Gasteiger charge is -2.12. The van der Waals surface area contributed by atoms with Crippen molar-refractivity contribution in [2.24, 2.45) is 0 Å². The van der Waals surface area contributed by atoms with Gasteiger partial charge >= 0.3 is 0 Å². The molecule has 0 atom stereocenters. The minimum Gasteiger partial charge on any atom is -0.483 e. The molecule has 0 radical (unpaired) electrons. The van der Waals surface area contributed by atoms with Gasteiger partial charge in [-0.15, -0.1) is 0 Å². The maximum Gasteiger partial charge on any atom is 0.262 e. The summed E-state index contributed by atoms with van der Waals surface area (Å²) in [6.45, 7) is 2.66. The predicted octanol–water partition coefficient (Wildman–Crippen LogP) is 6.80. The van der Waals surface area contributed by atoms with Crippen LogP contribution in [0.2, 0.25) is 5.02 Å². The second-order valence-electron chi connectivity index (χ2n) is 6.42. The summed E-state index contributed by atoms with van der Waals surface area (Å²) in [7, 11) is 0. The van der Waals surface area contributed by atoms with Crippen molar-refractivity contribution in [2.45, 2.75) is 13.5 Å². The minimum absolute atomic E-state index is 0.0864. The first-order valence-corrected chi connectivity index (χ1v) is 10.8. The van der Waals surface area contributed by atoms with Crippen LogP contribution in [0.5, 0.6) is 5.75 Å². The molecule has 150 valence electrons. The third-order valence-corrected chi connectivity index (χ3v) is 5.52. The Hall–Kier alpha value is -2.02. The molecule has 0 aliphatic rings. The highest BCUT2D eigenvalue weighted by Gasteiger charge is 2.08. The van der Waals surface area contributed by atoms with Crippen LogP contribution in [0.1, 0.15) is 11.1 Å². The van der Waals surface area contributed by atoms with Crippen LogP contribution in [-0.4, -0.2) is 12.5 Å². The first-order chi connectivity index (χ1) is 13.9. The molecule has 0 aliphatic heterocycles. The van der Waals surface area contributed by atoms with Gasteiger partial charge in [0.05, 0.1) is 4.47 Å². The molecule has 0 aliphatic carbocycles. The van der Waals surface area contributed by atoms with Crippen LogP contribution in [0.3, 0.4) is 0 Å². The fourth-order valence-corrected chi connectivity index (χ4v) is 3.81. The van der Waals surface area contributed by atoms with E-state index < -0.39 is 0 Å². The standard InChI is InChI=1S/C22H19Br2ClN2O2/c1-14-10-16(23)3-8-20(14)26-12-15-2-9-21(19(24)11-15)29-13-22(28)27-18-6-4-17(25)5-7-18/h2-11,26H,12-13H2,1H3,(H,27,28). The Balaban J connectivity index is 1.53. The lowest BCUT2D eigenvalue weighted by atomic mass is 10.1. The van der Waals surface area contributed by atoms with E-state index in [0.717, 1.165) is 20.2 Å². The number of hydrogen-bond acceptors (Lipinski definition) is 3. The summed E-state index contributed by atoms with van der Waals surface area (Å²) in [5.41, 5.74) is 4.03. The van der Waals surface area contributed by atoms with E-state index in [-0.39, 0.29) is 12.5 Å². The number of ether oxygens (including phenoxy) is 1. The smallest absolute Gasteiger partial charge is 0.262 e. The topological polar surface area (TPSA) is 50.4 Å². The van der Waals surface area contributed by atoms with Crippen LogP contribution in [0.25, 0.3) is 0 Å². The van der Waals surface area contributed by atoms with Crippen LogP contribution < -0.4 is 15.4 Å². The molecular weight excluding hydrogens is 520 g/mol. The minimum atomic E-state index is -0.240. The van der Waals surface area contributed by atoms with Gasteiger partial charge in [0.15, 0.2) is 6.61 Å². The highest BCUT2D eigenvalue weighted by Crippen LogP contribution is 2.27. The van der Waals surface area contributed by atoms with Gasteiger partial charge in [-0.25, -0.2) is 0 Å². The van der Waals surface area contributed by atoms with Gasteiger partial charge < -0.3 is 15.4 Å². The van der Waals surface area contributed by atoms with Crippen molar-refractivity contribution in [3.05, 3.63) is 85.8 Å². The predicted molar refractivity (Wildman–Crippen MR) is 126 cm³/mol. The van der Waals surface area contributed by atoms with Gasteiger partial charge in [-0.05, 0) is 88.6 Å². The third kappa shape index (κ3) is 6.49.